The van der Waals surface area contributed by atoms with Gasteiger partial charge in [-0.2, -0.15) is 0 Å². The van der Waals surface area contributed by atoms with Gasteiger partial charge in [-0.3, -0.25) is 4.72 Å². The van der Waals surface area contributed by atoms with E-state index in [1.54, 1.807) is 25.1 Å². The third-order valence-corrected chi connectivity index (χ3v) is 6.23. The van der Waals surface area contributed by atoms with Gasteiger partial charge in [-0.1, -0.05) is 0 Å². The van der Waals surface area contributed by atoms with E-state index in [-0.39, 0.29) is 11.5 Å². The van der Waals surface area contributed by atoms with Crippen molar-refractivity contribution in [2.75, 3.05) is 11.3 Å². The molecule has 0 atom stereocenters. The van der Waals surface area contributed by atoms with Crippen molar-refractivity contribution < 1.29 is 27.4 Å². The summed E-state index contributed by atoms with van der Waals surface area (Å²) in [5.74, 6) is 0.0855. The molecular weight excluding hydrogens is 382 g/mol. The zero-order chi connectivity index (χ0) is 19.8. The van der Waals surface area contributed by atoms with E-state index in [0.29, 0.717) is 22.7 Å². The van der Waals surface area contributed by atoms with E-state index < -0.39 is 21.8 Å². The smallest absolute Gasteiger partial charge is 0.338 e. The number of hydrogen-bond donors (Lipinski definition) is 1. The van der Waals surface area contributed by atoms with Crippen molar-refractivity contribution in [3.8, 4) is 11.5 Å². The van der Waals surface area contributed by atoms with E-state index in [4.69, 9.17) is 14.2 Å². The van der Waals surface area contributed by atoms with Gasteiger partial charge in [0.25, 0.3) is 15.8 Å². The summed E-state index contributed by atoms with van der Waals surface area (Å²) in [7, 11) is -3.81. The summed E-state index contributed by atoms with van der Waals surface area (Å²) in [6.07, 6.45) is 3.76. The summed E-state index contributed by atoms with van der Waals surface area (Å²) < 4.78 is 44.7. The Bertz CT molecular complexity index is 994. The van der Waals surface area contributed by atoms with Crippen molar-refractivity contribution in [2.24, 2.45) is 0 Å². The van der Waals surface area contributed by atoms with Crippen molar-refractivity contribution >= 4 is 21.7 Å². The Kier molecular flexibility index (Phi) is 4.66. The van der Waals surface area contributed by atoms with Crippen LogP contribution in [0.25, 0.3) is 0 Å². The summed E-state index contributed by atoms with van der Waals surface area (Å²) in [6, 6.07) is 10.6. The number of esters is 1. The summed E-state index contributed by atoms with van der Waals surface area (Å²) in [5.41, 5.74) is 0.678. The molecule has 2 aliphatic rings. The molecule has 1 spiro atoms. The number of nitrogens with one attached hydrogen (secondary N) is 1. The topological polar surface area (TPSA) is 90.9 Å². The maximum absolute atomic E-state index is 12.7. The molecule has 148 valence electrons. The van der Waals surface area contributed by atoms with Gasteiger partial charge in [-0.25, -0.2) is 13.2 Å². The number of carbonyl (C=O) groups is 1. The molecule has 8 heteroatoms. The Morgan fingerprint density at radius 2 is 1.75 bits per heavy atom. The van der Waals surface area contributed by atoms with Crippen LogP contribution in [0.4, 0.5) is 5.69 Å². The molecule has 28 heavy (non-hydrogen) atoms. The number of ether oxygens (including phenoxy) is 3. The van der Waals surface area contributed by atoms with Crippen LogP contribution in [0.1, 0.15) is 43.0 Å². The number of hydrogen-bond acceptors (Lipinski definition) is 6. The van der Waals surface area contributed by atoms with Crippen LogP contribution in [0.3, 0.4) is 0 Å². The molecule has 0 unspecified atom stereocenters. The molecule has 0 bridgehead atoms. The molecule has 7 nitrogen and oxygen atoms in total. The fourth-order valence-electron chi connectivity index (χ4n) is 3.47. The first-order chi connectivity index (χ1) is 13.4. The molecule has 1 aliphatic carbocycles. The highest BCUT2D eigenvalue weighted by molar-refractivity contribution is 7.92. The molecule has 0 amide bonds. The minimum Gasteiger partial charge on any atom is -0.462 e. The summed E-state index contributed by atoms with van der Waals surface area (Å²) >= 11 is 0. The minimum absolute atomic E-state index is 0.0467. The lowest BCUT2D eigenvalue weighted by Gasteiger charge is -2.21. The Hall–Kier alpha value is -2.74. The Morgan fingerprint density at radius 1 is 1.07 bits per heavy atom. The predicted octanol–water partition coefficient (Wildman–Crippen LogP) is 3.71. The van der Waals surface area contributed by atoms with E-state index >= 15 is 0 Å². The molecule has 1 saturated carbocycles. The van der Waals surface area contributed by atoms with Crippen molar-refractivity contribution in [2.45, 2.75) is 43.3 Å². The van der Waals surface area contributed by atoms with Gasteiger partial charge >= 0.3 is 5.97 Å². The molecule has 1 heterocycles. The second kappa shape index (κ2) is 7.01. The van der Waals surface area contributed by atoms with Crippen LogP contribution in [0, 0.1) is 0 Å². The maximum atomic E-state index is 12.7. The minimum atomic E-state index is -3.81. The second-order valence-electron chi connectivity index (χ2n) is 6.83. The van der Waals surface area contributed by atoms with Crippen molar-refractivity contribution in [3.63, 3.8) is 0 Å². The third-order valence-electron chi connectivity index (χ3n) is 4.83. The highest BCUT2D eigenvalue weighted by Gasteiger charge is 2.44. The van der Waals surface area contributed by atoms with Crippen LogP contribution >= 0.6 is 0 Å². The highest BCUT2D eigenvalue weighted by Crippen LogP contribution is 2.47. The molecule has 0 aromatic heterocycles. The normalized spacial score (nSPS) is 16.9. The van der Waals surface area contributed by atoms with E-state index in [1.165, 1.54) is 24.3 Å². The quantitative estimate of drug-likeness (QED) is 0.766. The fraction of sp³-hybridized carbons (Fsp3) is 0.350. The zero-order valence-corrected chi connectivity index (χ0v) is 16.3. The number of sulfonamides is 1. The van der Waals surface area contributed by atoms with Crippen LogP contribution in [0.15, 0.2) is 47.4 Å². The number of anilines is 1. The number of fused-ring (bicyclic) bond motifs is 1. The third kappa shape index (κ3) is 3.52. The van der Waals surface area contributed by atoms with Crippen LogP contribution in [-0.2, 0) is 14.8 Å². The van der Waals surface area contributed by atoms with Gasteiger partial charge in [-0.15, -0.1) is 0 Å². The average molecular weight is 403 g/mol. The van der Waals surface area contributed by atoms with Crippen LogP contribution < -0.4 is 14.2 Å². The van der Waals surface area contributed by atoms with Crippen molar-refractivity contribution in [1.29, 1.82) is 0 Å². The van der Waals surface area contributed by atoms with Gasteiger partial charge in [-0.05, 0) is 56.2 Å². The number of benzene rings is 2. The largest absolute Gasteiger partial charge is 0.462 e. The van der Waals surface area contributed by atoms with E-state index in [2.05, 4.69) is 4.72 Å². The zero-order valence-electron chi connectivity index (χ0n) is 15.4. The lowest BCUT2D eigenvalue weighted by atomic mass is 10.2. The summed E-state index contributed by atoms with van der Waals surface area (Å²) in [5, 5.41) is 0. The predicted molar refractivity (Wildman–Crippen MR) is 102 cm³/mol. The first kappa shape index (κ1) is 18.6. The van der Waals surface area contributed by atoms with Gasteiger partial charge in [0.1, 0.15) is 0 Å². The van der Waals surface area contributed by atoms with Crippen molar-refractivity contribution in [3.05, 3.63) is 48.0 Å². The summed E-state index contributed by atoms with van der Waals surface area (Å²) in [4.78, 5) is 11.7. The molecule has 1 fully saturated rings. The molecule has 0 saturated heterocycles. The first-order valence-electron chi connectivity index (χ1n) is 9.23. The van der Waals surface area contributed by atoms with E-state index in [1.807, 2.05) is 0 Å². The number of rotatable bonds is 5. The van der Waals surface area contributed by atoms with E-state index in [0.717, 1.165) is 25.7 Å². The lowest BCUT2D eigenvalue weighted by molar-refractivity contribution is -0.0716. The maximum Gasteiger partial charge on any atom is 0.338 e. The van der Waals surface area contributed by atoms with Crippen LogP contribution in [-0.4, -0.2) is 26.8 Å². The van der Waals surface area contributed by atoms with Crippen LogP contribution in [0.5, 0.6) is 11.5 Å². The lowest BCUT2D eigenvalue weighted by Crippen LogP contribution is -2.34. The molecule has 1 aliphatic heterocycles. The Morgan fingerprint density at radius 3 is 2.43 bits per heavy atom. The van der Waals surface area contributed by atoms with Gasteiger partial charge in [0, 0.05) is 18.9 Å². The molecule has 4 rings (SSSR count). The molecule has 2 aromatic rings. The molecular formula is C20H21NO6S. The van der Waals surface area contributed by atoms with Crippen LogP contribution in [0.2, 0.25) is 0 Å². The van der Waals surface area contributed by atoms with Gasteiger partial charge < -0.3 is 14.2 Å². The van der Waals surface area contributed by atoms with Gasteiger partial charge in [0.2, 0.25) is 0 Å². The standard InChI is InChI=1S/C20H21NO6S/c1-2-25-19(22)14-5-8-16(9-6-14)28(23,24)21-15-7-10-17-18(13-15)27-20(26-17)11-3-4-12-20/h5-10,13,21H,2-4,11-12H2,1H3. The SMILES string of the molecule is CCOC(=O)c1ccc(S(=O)(=O)Nc2ccc3c(c2)OC2(CCCC2)O3)cc1. The second-order valence-corrected chi connectivity index (χ2v) is 8.52. The number of carbonyl (C=O) groups excluding carboxylic acids is 1. The van der Waals surface area contributed by atoms with Crippen molar-refractivity contribution in [1.82, 2.24) is 0 Å². The fourth-order valence-corrected chi connectivity index (χ4v) is 4.52. The highest BCUT2D eigenvalue weighted by atomic mass is 32.2. The van der Waals surface area contributed by atoms with E-state index in [9.17, 15) is 13.2 Å². The molecule has 2 aromatic carbocycles. The monoisotopic (exact) mass is 403 g/mol. The van der Waals surface area contributed by atoms with Gasteiger partial charge in [0.05, 0.1) is 22.8 Å². The molecule has 1 N–H and O–H groups in total. The van der Waals surface area contributed by atoms with Gasteiger partial charge in [0.15, 0.2) is 11.5 Å². The first-order valence-corrected chi connectivity index (χ1v) is 10.7. The average Bonchev–Trinajstić information content (AvgIpc) is 3.27. The molecule has 0 radical (unpaired) electrons. The summed E-state index contributed by atoms with van der Waals surface area (Å²) in [6.45, 7) is 1.96. The Balaban J connectivity index is 1.50. The Labute approximate surface area is 163 Å².